The summed E-state index contributed by atoms with van der Waals surface area (Å²) in [4.78, 5) is 30.6. The topological polar surface area (TPSA) is 62.3 Å². The lowest BCUT2D eigenvalue weighted by Gasteiger charge is -2.33. The Morgan fingerprint density at radius 1 is 1.23 bits per heavy atom. The zero-order chi connectivity index (χ0) is 18.2. The second-order valence-corrected chi connectivity index (χ2v) is 7.39. The zero-order valence-corrected chi connectivity index (χ0v) is 15.5. The third-order valence-corrected chi connectivity index (χ3v) is 5.46. The third-order valence-electron chi connectivity index (χ3n) is 5.46. The van der Waals surface area contributed by atoms with Crippen molar-refractivity contribution in [1.82, 2.24) is 15.2 Å². The van der Waals surface area contributed by atoms with Gasteiger partial charge in [-0.05, 0) is 62.5 Å². The van der Waals surface area contributed by atoms with Crippen molar-refractivity contribution < 1.29 is 9.59 Å². The summed E-state index contributed by atoms with van der Waals surface area (Å²) in [6, 6.07) is 3.84. The maximum atomic E-state index is 12.5. The van der Waals surface area contributed by atoms with Gasteiger partial charge in [0.25, 0.3) is 0 Å². The van der Waals surface area contributed by atoms with Gasteiger partial charge in [-0.15, -0.1) is 0 Å². The molecule has 0 radical (unpaired) electrons. The molecule has 2 heterocycles. The maximum absolute atomic E-state index is 12.5. The van der Waals surface area contributed by atoms with Crippen LogP contribution in [-0.2, 0) is 16.1 Å². The van der Waals surface area contributed by atoms with Crippen LogP contribution in [-0.4, -0.2) is 34.8 Å². The lowest BCUT2D eigenvalue weighted by molar-refractivity contribution is -0.129. The lowest BCUT2D eigenvalue weighted by Crippen LogP contribution is -2.39. The molecule has 140 valence electrons. The Morgan fingerprint density at radius 3 is 2.77 bits per heavy atom. The van der Waals surface area contributed by atoms with Crippen molar-refractivity contribution in [3.63, 3.8) is 0 Å². The van der Waals surface area contributed by atoms with Gasteiger partial charge in [-0.3, -0.25) is 14.6 Å². The highest BCUT2D eigenvalue weighted by atomic mass is 16.2. The van der Waals surface area contributed by atoms with Crippen LogP contribution in [0.2, 0.25) is 0 Å². The van der Waals surface area contributed by atoms with E-state index >= 15 is 0 Å². The van der Waals surface area contributed by atoms with Crippen LogP contribution in [0.5, 0.6) is 0 Å². The van der Waals surface area contributed by atoms with Crippen molar-refractivity contribution >= 4 is 11.8 Å². The van der Waals surface area contributed by atoms with Crippen molar-refractivity contribution in [2.75, 3.05) is 13.1 Å². The van der Waals surface area contributed by atoms with Crippen molar-refractivity contribution in [1.29, 1.82) is 0 Å². The molecule has 0 atom stereocenters. The van der Waals surface area contributed by atoms with E-state index < -0.39 is 0 Å². The normalized spacial score (nSPS) is 18.3. The van der Waals surface area contributed by atoms with Gasteiger partial charge in [-0.2, -0.15) is 0 Å². The van der Waals surface area contributed by atoms with Gasteiger partial charge in [-0.25, -0.2) is 0 Å². The van der Waals surface area contributed by atoms with Crippen LogP contribution in [0, 0.1) is 5.92 Å². The molecule has 3 rings (SSSR count). The number of amides is 2. The zero-order valence-electron chi connectivity index (χ0n) is 15.5. The Hall–Kier alpha value is -2.17. The smallest absolute Gasteiger partial charge is 0.249 e. The summed E-state index contributed by atoms with van der Waals surface area (Å²) in [5, 5.41) is 2.96. The summed E-state index contributed by atoms with van der Waals surface area (Å²) < 4.78 is 0. The van der Waals surface area contributed by atoms with E-state index in [1.807, 2.05) is 17.0 Å². The molecule has 0 unspecified atom stereocenters. The van der Waals surface area contributed by atoms with E-state index in [1.54, 1.807) is 12.4 Å². The van der Waals surface area contributed by atoms with E-state index in [-0.39, 0.29) is 11.8 Å². The molecule has 5 heteroatoms. The number of hydrogen-bond acceptors (Lipinski definition) is 3. The first kappa shape index (κ1) is 18.6. The molecule has 0 bridgehead atoms. The first-order valence-corrected chi connectivity index (χ1v) is 9.86. The molecule has 0 saturated carbocycles. The Labute approximate surface area is 155 Å². The number of pyridine rings is 1. The van der Waals surface area contributed by atoms with Crippen molar-refractivity contribution in [3.05, 3.63) is 41.7 Å². The molecule has 1 fully saturated rings. The Morgan fingerprint density at radius 2 is 2.08 bits per heavy atom. The van der Waals surface area contributed by atoms with E-state index in [9.17, 15) is 9.59 Å². The number of nitrogens with zero attached hydrogens (tertiary/aromatic N) is 2. The van der Waals surface area contributed by atoms with Crippen LogP contribution in [0.1, 0.15) is 56.9 Å². The van der Waals surface area contributed by atoms with E-state index in [1.165, 1.54) is 6.42 Å². The van der Waals surface area contributed by atoms with Crippen molar-refractivity contribution in [3.8, 4) is 0 Å². The molecule has 2 amide bonds. The highest BCUT2D eigenvalue weighted by Crippen LogP contribution is 2.25. The highest BCUT2D eigenvalue weighted by Gasteiger charge is 2.25. The second-order valence-electron chi connectivity index (χ2n) is 7.39. The summed E-state index contributed by atoms with van der Waals surface area (Å²) in [7, 11) is 0. The minimum atomic E-state index is 0.0970. The maximum Gasteiger partial charge on any atom is 0.249 e. The van der Waals surface area contributed by atoms with E-state index in [2.05, 4.69) is 16.4 Å². The largest absolute Gasteiger partial charge is 0.352 e. The lowest BCUT2D eigenvalue weighted by atomic mass is 9.91. The monoisotopic (exact) mass is 355 g/mol. The van der Waals surface area contributed by atoms with E-state index in [0.717, 1.165) is 62.8 Å². The summed E-state index contributed by atoms with van der Waals surface area (Å²) >= 11 is 0. The summed E-state index contributed by atoms with van der Waals surface area (Å²) in [5.74, 6) is 0.889. The number of nitrogens with one attached hydrogen (secondary N) is 1. The molecule has 1 aromatic rings. The molecule has 26 heavy (non-hydrogen) atoms. The first-order chi connectivity index (χ1) is 12.7. The van der Waals surface area contributed by atoms with Crippen LogP contribution in [0.25, 0.3) is 0 Å². The molecule has 0 spiro atoms. The number of allylic oxidation sites excluding steroid dienone is 1. The fourth-order valence-corrected chi connectivity index (χ4v) is 3.79. The highest BCUT2D eigenvalue weighted by molar-refractivity contribution is 5.93. The fraction of sp³-hybridized carbons (Fsp3) is 0.571. The van der Waals surface area contributed by atoms with Crippen molar-refractivity contribution in [2.45, 2.75) is 57.9 Å². The standard InChI is InChI=1S/C21H29N3O2/c25-20(23-16-18-5-4-12-22-15-18)9-8-17-10-13-24(14-11-17)21(26)19-6-2-1-3-7-19/h4-6,12,15,17H,1-3,7-11,13-14,16H2,(H,23,25). The van der Waals surface area contributed by atoms with Crippen LogP contribution >= 0.6 is 0 Å². The van der Waals surface area contributed by atoms with Crippen LogP contribution in [0.4, 0.5) is 0 Å². The Balaban J connectivity index is 1.34. The SMILES string of the molecule is O=C(CCC1CCN(C(=O)C2=CCCCC2)CC1)NCc1cccnc1. The van der Waals surface area contributed by atoms with E-state index in [0.29, 0.717) is 18.9 Å². The molecule has 1 aromatic heterocycles. The molecule has 1 saturated heterocycles. The predicted octanol–water partition coefficient (Wildman–Crippen LogP) is 3.22. The third kappa shape index (κ3) is 5.41. The number of piperidine rings is 1. The number of hydrogen-bond donors (Lipinski definition) is 1. The molecule has 2 aliphatic rings. The molecular weight excluding hydrogens is 326 g/mol. The number of aromatic nitrogens is 1. The summed E-state index contributed by atoms with van der Waals surface area (Å²) in [5.41, 5.74) is 2.04. The quantitative estimate of drug-likeness (QED) is 0.852. The van der Waals surface area contributed by atoms with Gasteiger partial charge >= 0.3 is 0 Å². The van der Waals surface area contributed by atoms with Gasteiger partial charge in [0, 0.05) is 44.0 Å². The molecule has 0 aromatic carbocycles. The van der Waals surface area contributed by atoms with Crippen LogP contribution in [0.3, 0.4) is 0 Å². The minimum Gasteiger partial charge on any atom is -0.352 e. The Bertz CT molecular complexity index is 634. The summed E-state index contributed by atoms with van der Waals surface area (Å²) in [6.07, 6.45) is 13.5. The summed E-state index contributed by atoms with van der Waals surface area (Å²) in [6.45, 7) is 2.20. The van der Waals surface area contributed by atoms with Gasteiger partial charge in [0.2, 0.25) is 11.8 Å². The van der Waals surface area contributed by atoms with E-state index in [4.69, 9.17) is 0 Å². The van der Waals surface area contributed by atoms with Crippen LogP contribution < -0.4 is 5.32 Å². The number of rotatable bonds is 6. The van der Waals surface area contributed by atoms with Crippen LogP contribution in [0.15, 0.2) is 36.2 Å². The minimum absolute atomic E-state index is 0.0970. The van der Waals surface area contributed by atoms with Gasteiger partial charge in [0.1, 0.15) is 0 Å². The van der Waals surface area contributed by atoms with Gasteiger partial charge in [-0.1, -0.05) is 12.1 Å². The number of carbonyl (C=O) groups is 2. The fourth-order valence-electron chi connectivity index (χ4n) is 3.79. The molecule has 1 aliphatic carbocycles. The molecule has 1 aliphatic heterocycles. The van der Waals surface area contributed by atoms with Gasteiger partial charge in [0.15, 0.2) is 0 Å². The first-order valence-electron chi connectivity index (χ1n) is 9.86. The Kier molecular flexibility index (Phi) is 6.81. The average Bonchev–Trinajstić information content (AvgIpc) is 2.72. The molecule has 1 N–H and O–H groups in total. The average molecular weight is 355 g/mol. The second kappa shape index (κ2) is 9.51. The predicted molar refractivity (Wildman–Crippen MR) is 101 cm³/mol. The molecule has 5 nitrogen and oxygen atoms in total. The van der Waals surface area contributed by atoms with Gasteiger partial charge < -0.3 is 10.2 Å². The van der Waals surface area contributed by atoms with Crippen molar-refractivity contribution in [2.24, 2.45) is 5.92 Å². The molecular formula is C21H29N3O2. The number of carbonyl (C=O) groups excluding carboxylic acids is 2. The number of likely N-dealkylation sites (tertiary alicyclic amines) is 1. The van der Waals surface area contributed by atoms with Gasteiger partial charge in [0.05, 0.1) is 0 Å².